The number of rotatable bonds is 6. The minimum atomic E-state index is -1.50. The molecule has 3 rings (SSSR count). The third-order valence-corrected chi connectivity index (χ3v) is 4.31. The average molecular weight is 331 g/mol. The van der Waals surface area contributed by atoms with E-state index < -0.39 is 18.0 Å². The molecule has 0 aliphatic heterocycles. The molecule has 126 valence electrons. The van der Waals surface area contributed by atoms with Gasteiger partial charge in [0.1, 0.15) is 0 Å². The summed E-state index contributed by atoms with van der Waals surface area (Å²) in [4.78, 5) is 11.2. The molecule has 0 spiro atoms. The molecule has 0 amide bonds. The standard InChI is InChI=1S/C22H20O3/c23-21(24)16-22(25,15-17-7-3-1-4-8-17)20-13-11-19(12-14-20)18-9-5-2-6-10-18/h1-14,25H,15-16H2,(H,23,24)/p-1/t22-/m1/s1. The van der Waals surface area contributed by atoms with E-state index in [9.17, 15) is 15.0 Å². The van der Waals surface area contributed by atoms with Crippen LogP contribution in [0.4, 0.5) is 0 Å². The zero-order chi connectivity index (χ0) is 17.7. The molecule has 3 heteroatoms. The molecule has 0 unspecified atom stereocenters. The number of hydrogen-bond donors (Lipinski definition) is 1. The van der Waals surface area contributed by atoms with Crippen LogP contribution in [0.5, 0.6) is 0 Å². The summed E-state index contributed by atoms with van der Waals surface area (Å²) in [5.74, 6) is -1.27. The van der Waals surface area contributed by atoms with Crippen molar-refractivity contribution >= 4 is 5.97 Å². The van der Waals surface area contributed by atoms with Crippen molar-refractivity contribution in [3.05, 3.63) is 96.1 Å². The molecule has 0 heterocycles. The molecule has 1 atom stereocenters. The second-order valence-electron chi connectivity index (χ2n) is 6.19. The average Bonchev–Trinajstić information content (AvgIpc) is 2.63. The summed E-state index contributed by atoms with van der Waals surface area (Å²) < 4.78 is 0. The van der Waals surface area contributed by atoms with Crippen LogP contribution in [0.3, 0.4) is 0 Å². The van der Waals surface area contributed by atoms with Gasteiger partial charge in [0.2, 0.25) is 0 Å². The number of carbonyl (C=O) groups excluding carboxylic acids is 1. The Labute approximate surface area is 147 Å². The van der Waals surface area contributed by atoms with Gasteiger partial charge in [0.25, 0.3) is 0 Å². The lowest BCUT2D eigenvalue weighted by molar-refractivity contribution is -0.309. The van der Waals surface area contributed by atoms with Crippen molar-refractivity contribution < 1.29 is 15.0 Å². The van der Waals surface area contributed by atoms with Crippen molar-refractivity contribution in [1.29, 1.82) is 0 Å². The van der Waals surface area contributed by atoms with E-state index in [1.54, 1.807) is 12.1 Å². The first-order chi connectivity index (χ1) is 12.1. The van der Waals surface area contributed by atoms with Gasteiger partial charge in [-0.2, -0.15) is 0 Å². The molecule has 1 N–H and O–H groups in total. The summed E-state index contributed by atoms with van der Waals surface area (Å²) in [6.45, 7) is 0. The molecule has 3 nitrogen and oxygen atoms in total. The van der Waals surface area contributed by atoms with Crippen LogP contribution in [-0.2, 0) is 16.8 Å². The van der Waals surface area contributed by atoms with E-state index in [2.05, 4.69) is 0 Å². The normalized spacial score (nSPS) is 13.2. The molecule has 0 aliphatic carbocycles. The van der Waals surface area contributed by atoms with E-state index in [1.807, 2.05) is 72.8 Å². The Morgan fingerprint density at radius 1 is 0.800 bits per heavy atom. The first kappa shape index (κ1) is 16.9. The Balaban J connectivity index is 1.92. The van der Waals surface area contributed by atoms with Gasteiger partial charge >= 0.3 is 0 Å². The van der Waals surface area contributed by atoms with Crippen LogP contribution in [0.2, 0.25) is 0 Å². The maximum Gasteiger partial charge on any atom is 0.0988 e. The van der Waals surface area contributed by atoms with Crippen molar-refractivity contribution in [2.45, 2.75) is 18.4 Å². The lowest BCUT2D eigenvalue weighted by Crippen LogP contribution is -2.37. The molecular weight excluding hydrogens is 312 g/mol. The van der Waals surface area contributed by atoms with E-state index in [-0.39, 0.29) is 6.42 Å². The summed E-state index contributed by atoms with van der Waals surface area (Å²) in [7, 11) is 0. The SMILES string of the molecule is O=C([O-])C[C@](O)(Cc1ccccc1)c1ccc(-c2ccccc2)cc1. The number of hydrogen-bond acceptors (Lipinski definition) is 3. The summed E-state index contributed by atoms with van der Waals surface area (Å²) in [6, 6.07) is 26.6. The van der Waals surface area contributed by atoms with Gasteiger partial charge in [0.05, 0.1) is 5.60 Å². The van der Waals surface area contributed by atoms with Crippen LogP contribution < -0.4 is 5.11 Å². The minimum Gasteiger partial charge on any atom is -0.550 e. The van der Waals surface area contributed by atoms with Gasteiger partial charge in [-0.25, -0.2) is 0 Å². The van der Waals surface area contributed by atoms with Crippen molar-refractivity contribution in [3.8, 4) is 11.1 Å². The Morgan fingerprint density at radius 2 is 1.32 bits per heavy atom. The van der Waals surface area contributed by atoms with Crippen LogP contribution in [0, 0.1) is 0 Å². The number of carboxylic acid groups (broad SMARTS) is 1. The van der Waals surface area contributed by atoms with Crippen molar-refractivity contribution in [3.63, 3.8) is 0 Å². The van der Waals surface area contributed by atoms with Gasteiger partial charge in [0.15, 0.2) is 0 Å². The van der Waals surface area contributed by atoms with E-state index in [1.165, 1.54) is 0 Å². The number of carboxylic acids is 1. The van der Waals surface area contributed by atoms with Crippen LogP contribution in [0.25, 0.3) is 11.1 Å². The predicted octanol–water partition coefficient (Wildman–Crippen LogP) is 2.92. The third kappa shape index (κ3) is 4.14. The second-order valence-corrected chi connectivity index (χ2v) is 6.19. The molecule has 0 radical (unpaired) electrons. The molecule has 0 saturated carbocycles. The Hall–Kier alpha value is -2.91. The molecule has 0 bridgehead atoms. The molecule has 3 aromatic carbocycles. The maximum atomic E-state index is 11.2. The van der Waals surface area contributed by atoms with Gasteiger partial charge in [-0.3, -0.25) is 0 Å². The Morgan fingerprint density at radius 3 is 1.88 bits per heavy atom. The number of aliphatic hydroxyl groups is 1. The molecular formula is C22H19O3-. The van der Waals surface area contributed by atoms with E-state index in [0.29, 0.717) is 5.56 Å². The molecule has 0 aliphatic rings. The fourth-order valence-electron chi connectivity index (χ4n) is 3.04. The smallest absolute Gasteiger partial charge is 0.0988 e. The van der Waals surface area contributed by atoms with Crippen LogP contribution >= 0.6 is 0 Å². The largest absolute Gasteiger partial charge is 0.550 e. The minimum absolute atomic E-state index is 0.215. The molecule has 25 heavy (non-hydrogen) atoms. The number of carbonyl (C=O) groups is 1. The van der Waals surface area contributed by atoms with Crippen LogP contribution in [-0.4, -0.2) is 11.1 Å². The highest BCUT2D eigenvalue weighted by Gasteiger charge is 2.30. The highest BCUT2D eigenvalue weighted by Crippen LogP contribution is 2.31. The van der Waals surface area contributed by atoms with E-state index in [4.69, 9.17) is 0 Å². The number of benzene rings is 3. The fraction of sp³-hybridized carbons (Fsp3) is 0.136. The van der Waals surface area contributed by atoms with E-state index >= 15 is 0 Å². The first-order valence-corrected chi connectivity index (χ1v) is 8.19. The van der Waals surface area contributed by atoms with Crippen LogP contribution in [0.1, 0.15) is 17.5 Å². The van der Waals surface area contributed by atoms with Crippen molar-refractivity contribution in [1.82, 2.24) is 0 Å². The molecule has 0 saturated heterocycles. The third-order valence-electron chi connectivity index (χ3n) is 4.31. The maximum absolute atomic E-state index is 11.2. The summed E-state index contributed by atoms with van der Waals surface area (Å²) in [5, 5.41) is 22.2. The summed E-state index contributed by atoms with van der Waals surface area (Å²) in [6.07, 6.45) is -0.237. The fourth-order valence-corrected chi connectivity index (χ4v) is 3.04. The van der Waals surface area contributed by atoms with Gasteiger partial charge in [-0.1, -0.05) is 84.9 Å². The summed E-state index contributed by atoms with van der Waals surface area (Å²) in [5.41, 5.74) is 2.02. The topological polar surface area (TPSA) is 60.4 Å². The zero-order valence-corrected chi connectivity index (χ0v) is 13.8. The molecule has 0 fully saturated rings. The van der Waals surface area contributed by atoms with Gasteiger partial charge in [-0.15, -0.1) is 0 Å². The van der Waals surface area contributed by atoms with Crippen molar-refractivity contribution in [2.75, 3.05) is 0 Å². The molecule has 3 aromatic rings. The highest BCUT2D eigenvalue weighted by molar-refractivity contribution is 5.67. The quantitative estimate of drug-likeness (QED) is 0.755. The van der Waals surface area contributed by atoms with Crippen LogP contribution in [0.15, 0.2) is 84.9 Å². The number of aliphatic carboxylic acids is 1. The lowest BCUT2D eigenvalue weighted by Gasteiger charge is -2.29. The monoisotopic (exact) mass is 331 g/mol. The second kappa shape index (κ2) is 7.32. The predicted molar refractivity (Wildman–Crippen MR) is 95.5 cm³/mol. The van der Waals surface area contributed by atoms with Crippen molar-refractivity contribution in [2.24, 2.45) is 0 Å². The summed E-state index contributed by atoms with van der Waals surface area (Å²) >= 11 is 0. The zero-order valence-electron chi connectivity index (χ0n) is 13.8. The lowest BCUT2D eigenvalue weighted by atomic mass is 9.84. The first-order valence-electron chi connectivity index (χ1n) is 8.19. The van der Waals surface area contributed by atoms with Gasteiger partial charge in [-0.05, 0) is 22.3 Å². The Bertz CT molecular complexity index is 826. The highest BCUT2D eigenvalue weighted by atomic mass is 16.4. The van der Waals surface area contributed by atoms with E-state index in [0.717, 1.165) is 16.7 Å². The van der Waals surface area contributed by atoms with Gasteiger partial charge in [0, 0.05) is 18.8 Å². The molecule has 0 aromatic heterocycles. The Kier molecular flexibility index (Phi) is 4.96. The van der Waals surface area contributed by atoms with Gasteiger partial charge < -0.3 is 15.0 Å².